The van der Waals surface area contributed by atoms with Gasteiger partial charge >= 0.3 is 0 Å². The van der Waals surface area contributed by atoms with E-state index in [4.69, 9.17) is 10.5 Å². The highest BCUT2D eigenvalue weighted by atomic mass is 32.1. The van der Waals surface area contributed by atoms with Crippen LogP contribution in [0.3, 0.4) is 0 Å². The van der Waals surface area contributed by atoms with Crippen LogP contribution in [0.4, 0.5) is 0 Å². The van der Waals surface area contributed by atoms with Gasteiger partial charge in [0.2, 0.25) is 11.7 Å². The molecular weight excluding hydrogens is 328 g/mol. The fraction of sp³-hybridized carbons (Fsp3) is 0.235. The molecule has 24 heavy (non-hydrogen) atoms. The van der Waals surface area contributed by atoms with Gasteiger partial charge in [0.25, 0.3) is 5.91 Å². The van der Waals surface area contributed by atoms with Gasteiger partial charge in [-0.3, -0.25) is 14.4 Å². The Bertz CT molecular complexity index is 773. The van der Waals surface area contributed by atoms with E-state index in [1.807, 2.05) is 5.38 Å². The van der Waals surface area contributed by atoms with Crippen molar-refractivity contribution in [2.24, 2.45) is 5.73 Å². The summed E-state index contributed by atoms with van der Waals surface area (Å²) in [4.78, 5) is 38.8. The van der Waals surface area contributed by atoms with E-state index in [2.05, 4.69) is 0 Å². The summed E-state index contributed by atoms with van der Waals surface area (Å²) in [5.74, 6) is -1.09. The van der Waals surface area contributed by atoms with Gasteiger partial charge in [-0.25, -0.2) is 0 Å². The third-order valence-corrected chi connectivity index (χ3v) is 4.69. The minimum Gasteiger partial charge on any atom is -0.367 e. The molecule has 7 heteroatoms. The molecule has 3 rings (SSSR count). The number of nitrogens with two attached hydrogens (primary N) is 1. The predicted octanol–water partition coefficient (Wildman–Crippen LogP) is 1.31. The Morgan fingerprint density at radius 2 is 1.88 bits per heavy atom. The van der Waals surface area contributed by atoms with E-state index in [1.165, 1.54) is 16.2 Å². The van der Waals surface area contributed by atoms with Crippen LogP contribution < -0.4 is 5.73 Å². The van der Waals surface area contributed by atoms with Crippen LogP contribution >= 0.6 is 11.3 Å². The summed E-state index contributed by atoms with van der Waals surface area (Å²) < 4.78 is 5.26. The predicted molar refractivity (Wildman–Crippen MR) is 89.0 cm³/mol. The van der Waals surface area contributed by atoms with E-state index in [0.717, 1.165) is 0 Å². The highest BCUT2D eigenvalue weighted by Gasteiger charge is 2.30. The third-order valence-electron chi connectivity index (χ3n) is 3.82. The first kappa shape index (κ1) is 16.4. The third kappa shape index (κ3) is 3.22. The smallest absolute Gasteiger partial charge is 0.254 e. The molecule has 2 heterocycles. The van der Waals surface area contributed by atoms with Crippen molar-refractivity contribution in [3.63, 3.8) is 0 Å². The zero-order valence-corrected chi connectivity index (χ0v) is 13.6. The van der Waals surface area contributed by atoms with Crippen molar-refractivity contribution in [1.82, 2.24) is 4.90 Å². The second-order valence-electron chi connectivity index (χ2n) is 5.36. The molecule has 6 nitrogen and oxygen atoms in total. The highest BCUT2D eigenvalue weighted by Crippen LogP contribution is 2.20. The van der Waals surface area contributed by atoms with Gasteiger partial charge in [-0.15, -0.1) is 11.3 Å². The first-order chi connectivity index (χ1) is 11.6. The van der Waals surface area contributed by atoms with Gasteiger partial charge in [-0.2, -0.15) is 0 Å². The molecule has 0 saturated carbocycles. The zero-order chi connectivity index (χ0) is 17.1. The molecule has 1 aliphatic heterocycles. The number of morpholine rings is 1. The normalized spacial score (nSPS) is 17.5. The molecule has 0 unspecified atom stereocenters. The molecule has 1 saturated heterocycles. The molecule has 0 radical (unpaired) electrons. The number of rotatable bonds is 4. The Morgan fingerprint density at radius 3 is 2.54 bits per heavy atom. The number of amides is 2. The van der Waals surface area contributed by atoms with Crippen LogP contribution in [0.15, 0.2) is 41.8 Å². The lowest BCUT2D eigenvalue weighted by atomic mass is 10.0. The number of carbonyl (C=O) groups is 3. The van der Waals surface area contributed by atoms with E-state index >= 15 is 0 Å². The van der Waals surface area contributed by atoms with Crippen LogP contribution in [-0.2, 0) is 9.53 Å². The number of ketones is 1. The molecule has 1 atom stereocenters. The molecular formula is C17H16N2O4S. The monoisotopic (exact) mass is 344 g/mol. The zero-order valence-electron chi connectivity index (χ0n) is 12.8. The Labute approximate surface area is 142 Å². The summed E-state index contributed by atoms with van der Waals surface area (Å²) in [6.45, 7) is 0.681. The maximum absolute atomic E-state index is 12.8. The van der Waals surface area contributed by atoms with Crippen LogP contribution in [-0.4, -0.2) is 48.3 Å². The Balaban J connectivity index is 1.88. The number of ether oxygens (including phenoxy) is 1. The Morgan fingerprint density at radius 1 is 1.12 bits per heavy atom. The average molecular weight is 344 g/mol. The number of hydrogen-bond acceptors (Lipinski definition) is 5. The van der Waals surface area contributed by atoms with E-state index in [1.54, 1.807) is 36.4 Å². The first-order valence-corrected chi connectivity index (χ1v) is 8.33. The lowest BCUT2D eigenvalue weighted by Gasteiger charge is -2.31. The Hall–Kier alpha value is -2.51. The number of carbonyl (C=O) groups excluding carboxylic acids is 3. The second kappa shape index (κ2) is 6.94. The lowest BCUT2D eigenvalue weighted by Crippen LogP contribution is -2.50. The van der Waals surface area contributed by atoms with Crippen molar-refractivity contribution in [3.8, 4) is 0 Å². The molecule has 124 valence electrons. The van der Waals surface area contributed by atoms with Gasteiger partial charge in [-0.05, 0) is 17.5 Å². The summed E-state index contributed by atoms with van der Waals surface area (Å²) in [5.41, 5.74) is 5.93. The van der Waals surface area contributed by atoms with Crippen LogP contribution in [0.5, 0.6) is 0 Å². The molecule has 0 aliphatic carbocycles. The van der Waals surface area contributed by atoms with Crippen molar-refractivity contribution < 1.29 is 19.1 Å². The SMILES string of the molecule is NC(=O)[C@@H]1CN(C(=O)c2ccccc2C(=O)c2cccs2)CCO1. The fourth-order valence-corrected chi connectivity index (χ4v) is 3.26. The summed E-state index contributed by atoms with van der Waals surface area (Å²) in [5, 5.41) is 1.82. The Kier molecular flexibility index (Phi) is 4.73. The molecule has 1 aliphatic rings. The van der Waals surface area contributed by atoms with Crippen molar-refractivity contribution in [1.29, 1.82) is 0 Å². The van der Waals surface area contributed by atoms with E-state index in [-0.39, 0.29) is 24.8 Å². The van der Waals surface area contributed by atoms with E-state index in [9.17, 15) is 14.4 Å². The maximum atomic E-state index is 12.8. The topological polar surface area (TPSA) is 89.7 Å². The van der Waals surface area contributed by atoms with E-state index in [0.29, 0.717) is 22.5 Å². The molecule has 2 amide bonds. The van der Waals surface area contributed by atoms with Crippen LogP contribution in [0.2, 0.25) is 0 Å². The summed E-state index contributed by atoms with van der Waals surface area (Å²) in [7, 11) is 0. The molecule has 0 bridgehead atoms. The standard InChI is InChI=1S/C17H16N2O4S/c18-16(21)13-10-19(7-8-23-13)17(22)12-5-2-1-4-11(12)15(20)14-6-3-9-24-14/h1-6,9,13H,7-8,10H2,(H2,18,21)/t13-/m0/s1. The highest BCUT2D eigenvalue weighted by molar-refractivity contribution is 7.12. The molecule has 2 aromatic rings. The number of thiophene rings is 1. The first-order valence-electron chi connectivity index (χ1n) is 7.45. The van der Waals surface area contributed by atoms with Crippen molar-refractivity contribution in [2.45, 2.75) is 6.10 Å². The minimum atomic E-state index is -0.817. The van der Waals surface area contributed by atoms with Gasteiger partial charge in [0.05, 0.1) is 23.6 Å². The van der Waals surface area contributed by atoms with E-state index < -0.39 is 12.0 Å². The quantitative estimate of drug-likeness (QED) is 0.847. The van der Waals surface area contributed by atoms with Gasteiger partial charge in [0, 0.05) is 12.1 Å². The number of primary amides is 1. The largest absolute Gasteiger partial charge is 0.367 e. The second-order valence-corrected chi connectivity index (χ2v) is 6.31. The minimum absolute atomic E-state index is 0.0929. The van der Waals surface area contributed by atoms with Crippen molar-refractivity contribution in [3.05, 3.63) is 57.8 Å². The number of benzene rings is 1. The fourth-order valence-electron chi connectivity index (χ4n) is 2.58. The van der Waals surface area contributed by atoms with Gasteiger partial charge in [0.1, 0.15) is 0 Å². The van der Waals surface area contributed by atoms with Gasteiger partial charge in [0.15, 0.2) is 6.10 Å². The molecule has 1 aromatic carbocycles. The molecule has 1 fully saturated rings. The molecule has 0 spiro atoms. The number of nitrogens with zero attached hydrogens (tertiary/aromatic N) is 1. The van der Waals surface area contributed by atoms with Crippen molar-refractivity contribution >= 4 is 28.9 Å². The average Bonchev–Trinajstić information content (AvgIpc) is 3.15. The van der Waals surface area contributed by atoms with Crippen LogP contribution in [0.25, 0.3) is 0 Å². The summed E-state index contributed by atoms with van der Waals surface area (Å²) in [6.07, 6.45) is -0.817. The van der Waals surface area contributed by atoms with Crippen LogP contribution in [0.1, 0.15) is 25.6 Å². The molecule has 1 aromatic heterocycles. The van der Waals surface area contributed by atoms with Gasteiger partial charge < -0.3 is 15.4 Å². The molecule has 2 N–H and O–H groups in total. The van der Waals surface area contributed by atoms with Crippen LogP contribution in [0, 0.1) is 0 Å². The summed E-state index contributed by atoms with van der Waals surface area (Å²) in [6, 6.07) is 10.2. The van der Waals surface area contributed by atoms with Gasteiger partial charge in [-0.1, -0.05) is 24.3 Å². The lowest BCUT2D eigenvalue weighted by molar-refractivity contribution is -0.133. The number of hydrogen-bond donors (Lipinski definition) is 1. The summed E-state index contributed by atoms with van der Waals surface area (Å²) >= 11 is 1.33. The maximum Gasteiger partial charge on any atom is 0.254 e. The van der Waals surface area contributed by atoms with Crippen molar-refractivity contribution in [2.75, 3.05) is 19.7 Å².